The molecular formula is C49H56N4O11. The van der Waals surface area contributed by atoms with Crippen LogP contribution in [0, 0.1) is 0 Å². The Morgan fingerprint density at radius 2 is 1.19 bits per heavy atom. The highest BCUT2D eigenvalue weighted by Gasteiger charge is 2.33. The van der Waals surface area contributed by atoms with E-state index in [4.69, 9.17) is 18.9 Å². The number of aliphatic carboxylic acids is 1. The van der Waals surface area contributed by atoms with Gasteiger partial charge in [-0.3, -0.25) is 14.4 Å². The first-order valence-electron chi connectivity index (χ1n) is 21.7. The minimum Gasteiger partial charge on any atom is -0.480 e. The largest absolute Gasteiger partial charge is 0.480 e. The van der Waals surface area contributed by atoms with Crippen LogP contribution in [0.4, 0.5) is 9.59 Å². The molecule has 1 aliphatic heterocycles. The number of nitrogens with one attached hydrogen (secondary N) is 3. The number of ketones is 1. The molecule has 0 radical (unpaired) electrons. The number of carbonyl (C=O) groups is 6. The summed E-state index contributed by atoms with van der Waals surface area (Å²) in [5, 5.41) is 17.1. The standard InChI is InChI=1S/C25H30N2O5.C24H26N2O6/c1-3-31-14-8-13-26-24(29)15-23(17(2)28)27-25(30)32-16-22-20-11-6-4-9-18(20)19-10-5-7-12-21(19)22;1-15-26(11-6-12-31-15)22(27)13-21(23(28)29)25-24(30)32-14-20-18-9-4-2-7-16(18)17-8-3-5-10-19(17)20/h4-7,9-12,22-23H,3,8,13-16H2,1-2H3,(H,26,29)(H,27,30);2-5,7-10,15,20-21H,6,11-14H2,1H3,(H,25,30)(H,28,29). The molecule has 4 aromatic carbocycles. The molecule has 3 atom stereocenters. The van der Waals surface area contributed by atoms with E-state index in [0.29, 0.717) is 45.8 Å². The smallest absolute Gasteiger partial charge is 0.407 e. The van der Waals surface area contributed by atoms with Crippen LogP contribution >= 0.6 is 0 Å². The first kappa shape index (κ1) is 46.9. The maximum atomic E-state index is 12.5. The van der Waals surface area contributed by atoms with Gasteiger partial charge in [0.15, 0.2) is 5.78 Å². The van der Waals surface area contributed by atoms with Crippen LogP contribution < -0.4 is 16.0 Å². The van der Waals surface area contributed by atoms with Gasteiger partial charge in [0.2, 0.25) is 11.8 Å². The van der Waals surface area contributed by atoms with Gasteiger partial charge in [-0.25, -0.2) is 14.4 Å². The number of hydrogen-bond acceptors (Lipinski definition) is 10. The van der Waals surface area contributed by atoms with Crippen LogP contribution in [-0.2, 0) is 38.1 Å². The zero-order chi connectivity index (χ0) is 45.6. The van der Waals surface area contributed by atoms with Crippen molar-refractivity contribution in [2.75, 3.05) is 46.1 Å². The Morgan fingerprint density at radius 1 is 0.719 bits per heavy atom. The van der Waals surface area contributed by atoms with Crippen molar-refractivity contribution in [3.63, 3.8) is 0 Å². The second kappa shape index (κ2) is 22.7. The highest BCUT2D eigenvalue weighted by molar-refractivity contribution is 5.91. The van der Waals surface area contributed by atoms with E-state index < -0.39 is 36.5 Å². The van der Waals surface area contributed by atoms with Crippen molar-refractivity contribution in [3.8, 4) is 22.3 Å². The van der Waals surface area contributed by atoms with Crippen LogP contribution in [0.25, 0.3) is 22.3 Å². The normalized spacial score (nSPS) is 15.7. The van der Waals surface area contributed by atoms with Crippen molar-refractivity contribution in [3.05, 3.63) is 119 Å². The van der Waals surface area contributed by atoms with E-state index in [-0.39, 0.29) is 55.5 Å². The molecule has 0 saturated carbocycles. The molecule has 0 bridgehead atoms. The van der Waals surface area contributed by atoms with Crippen molar-refractivity contribution >= 4 is 35.8 Å². The Labute approximate surface area is 372 Å². The van der Waals surface area contributed by atoms with Crippen LogP contribution in [0.3, 0.4) is 0 Å². The van der Waals surface area contributed by atoms with Crippen LogP contribution in [0.15, 0.2) is 97.1 Å². The van der Waals surface area contributed by atoms with E-state index in [1.165, 1.54) is 11.8 Å². The van der Waals surface area contributed by atoms with Gasteiger partial charge in [0.25, 0.3) is 0 Å². The third-order valence-electron chi connectivity index (χ3n) is 11.5. The van der Waals surface area contributed by atoms with Crippen molar-refractivity contribution < 1.29 is 52.8 Å². The Bertz CT molecular complexity index is 2210. The summed E-state index contributed by atoms with van der Waals surface area (Å²) in [6.45, 7) is 7.91. The van der Waals surface area contributed by atoms with Crippen molar-refractivity contribution in [2.45, 2.75) is 76.6 Å². The second-order valence-electron chi connectivity index (χ2n) is 15.7. The molecule has 15 nitrogen and oxygen atoms in total. The molecule has 3 unspecified atom stereocenters. The highest BCUT2D eigenvalue weighted by atomic mass is 16.6. The maximum absolute atomic E-state index is 12.5. The molecule has 1 heterocycles. The number of carboxylic acid groups (broad SMARTS) is 1. The number of carboxylic acids is 1. The molecule has 15 heteroatoms. The van der Waals surface area contributed by atoms with Crippen LogP contribution in [0.5, 0.6) is 0 Å². The Balaban J connectivity index is 0.000000213. The monoisotopic (exact) mass is 876 g/mol. The van der Waals surface area contributed by atoms with Gasteiger partial charge in [0.05, 0.1) is 25.5 Å². The maximum Gasteiger partial charge on any atom is 0.407 e. The van der Waals surface area contributed by atoms with Crippen molar-refractivity contribution in [2.24, 2.45) is 0 Å². The number of amides is 4. The van der Waals surface area contributed by atoms with Gasteiger partial charge in [-0.05, 0) is 78.1 Å². The molecule has 1 saturated heterocycles. The summed E-state index contributed by atoms with van der Waals surface area (Å²) in [5.41, 5.74) is 8.82. The van der Waals surface area contributed by atoms with Crippen LogP contribution in [0.1, 0.15) is 80.5 Å². The zero-order valence-corrected chi connectivity index (χ0v) is 36.4. The van der Waals surface area contributed by atoms with E-state index in [2.05, 4.69) is 28.1 Å². The van der Waals surface area contributed by atoms with E-state index in [1.54, 1.807) is 6.92 Å². The van der Waals surface area contributed by atoms with Gasteiger partial charge in [-0.15, -0.1) is 0 Å². The van der Waals surface area contributed by atoms with E-state index in [0.717, 1.165) is 44.5 Å². The minimum absolute atomic E-state index is 0.0666. The number of benzene rings is 4. The van der Waals surface area contributed by atoms with Gasteiger partial charge < -0.3 is 44.9 Å². The van der Waals surface area contributed by atoms with Gasteiger partial charge >= 0.3 is 18.2 Å². The minimum atomic E-state index is -1.38. The molecule has 7 rings (SSSR count). The Morgan fingerprint density at radius 3 is 1.62 bits per heavy atom. The Hall–Kier alpha value is -6.58. The molecule has 64 heavy (non-hydrogen) atoms. The fourth-order valence-corrected chi connectivity index (χ4v) is 8.24. The third-order valence-corrected chi connectivity index (χ3v) is 11.5. The van der Waals surface area contributed by atoms with Gasteiger partial charge in [0, 0.05) is 38.1 Å². The highest BCUT2D eigenvalue weighted by Crippen LogP contribution is 2.45. The molecule has 4 N–H and O–H groups in total. The number of carbonyl (C=O) groups excluding carboxylic acids is 5. The number of Topliss-reactive ketones (excluding diaryl/α,β-unsaturated/α-hetero) is 1. The lowest BCUT2D eigenvalue weighted by Gasteiger charge is -2.34. The predicted molar refractivity (Wildman–Crippen MR) is 237 cm³/mol. The number of ether oxygens (including phenoxy) is 4. The lowest BCUT2D eigenvalue weighted by molar-refractivity contribution is -0.155. The number of nitrogens with zero attached hydrogens (tertiary/aromatic N) is 1. The summed E-state index contributed by atoms with van der Waals surface area (Å²) >= 11 is 0. The summed E-state index contributed by atoms with van der Waals surface area (Å²) in [6, 6.07) is 29.7. The van der Waals surface area contributed by atoms with E-state index >= 15 is 0 Å². The first-order valence-corrected chi connectivity index (χ1v) is 21.7. The summed E-state index contributed by atoms with van der Waals surface area (Å²) in [6.07, 6.45) is -1.12. The molecular weight excluding hydrogens is 821 g/mol. The average molecular weight is 877 g/mol. The molecule has 0 spiro atoms. The third kappa shape index (κ3) is 11.9. The summed E-state index contributed by atoms with van der Waals surface area (Å²) in [7, 11) is 0. The number of alkyl carbamates (subject to hydrolysis) is 2. The van der Waals surface area contributed by atoms with Gasteiger partial charge in [-0.2, -0.15) is 0 Å². The van der Waals surface area contributed by atoms with Crippen molar-refractivity contribution in [1.29, 1.82) is 0 Å². The van der Waals surface area contributed by atoms with Crippen LogP contribution in [-0.4, -0.2) is 110 Å². The summed E-state index contributed by atoms with van der Waals surface area (Å²) < 4.78 is 21.5. The van der Waals surface area contributed by atoms with Gasteiger partial charge in [-0.1, -0.05) is 97.1 Å². The van der Waals surface area contributed by atoms with Crippen molar-refractivity contribution in [1.82, 2.24) is 20.9 Å². The summed E-state index contributed by atoms with van der Waals surface area (Å²) in [4.78, 5) is 74.6. The number of rotatable bonds is 17. The Kier molecular flexibility index (Phi) is 16.6. The molecule has 2 aliphatic carbocycles. The van der Waals surface area contributed by atoms with Gasteiger partial charge in [0.1, 0.15) is 25.5 Å². The fraction of sp³-hybridized carbons (Fsp3) is 0.388. The number of hydrogen-bond donors (Lipinski definition) is 4. The lowest BCUT2D eigenvalue weighted by Crippen LogP contribution is -2.49. The predicted octanol–water partition coefficient (Wildman–Crippen LogP) is 6.38. The molecule has 4 aromatic rings. The zero-order valence-electron chi connectivity index (χ0n) is 36.4. The quantitative estimate of drug-likeness (QED) is 0.0859. The molecule has 338 valence electrons. The molecule has 3 aliphatic rings. The second-order valence-corrected chi connectivity index (χ2v) is 15.7. The lowest BCUT2D eigenvalue weighted by atomic mass is 9.98. The first-order chi connectivity index (χ1) is 31.0. The van der Waals surface area contributed by atoms with E-state index in [9.17, 15) is 33.9 Å². The molecule has 0 aromatic heterocycles. The SMILES string of the molecule is CC1OCCCN1C(=O)CC(NC(=O)OCC1c2ccccc2-c2ccccc21)C(=O)O.CCOCCCNC(=O)CC(NC(=O)OCC1c2ccccc2-c2ccccc21)C(C)=O. The summed E-state index contributed by atoms with van der Waals surface area (Å²) in [5.74, 6) is -2.49. The van der Waals surface area contributed by atoms with Crippen LogP contribution in [0.2, 0.25) is 0 Å². The van der Waals surface area contributed by atoms with E-state index in [1.807, 2.05) is 91.9 Å². The molecule has 1 fully saturated rings. The number of fused-ring (bicyclic) bond motifs is 6. The average Bonchev–Trinajstić information content (AvgIpc) is 3.79. The fourth-order valence-electron chi connectivity index (χ4n) is 8.24. The topological polar surface area (TPSA) is 199 Å². The molecule has 4 amide bonds.